The number of amides is 1. The molecule has 1 rings (SSSR count). The summed E-state index contributed by atoms with van der Waals surface area (Å²) in [6.45, 7) is 7.26. The summed E-state index contributed by atoms with van der Waals surface area (Å²) in [7, 11) is 1.66. The number of carbonyl (C=O) groups is 1. The van der Waals surface area contributed by atoms with E-state index < -0.39 is 0 Å². The van der Waals surface area contributed by atoms with Crippen molar-refractivity contribution in [3.05, 3.63) is 23.2 Å². The van der Waals surface area contributed by atoms with E-state index in [2.05, 4.69) is 10.2 Å². The van der Waals surface area contributed by atoms with Gasteiger partial charge in [0.1, 0.15) is 0 Å². The van der Waals surface area contributed by atoms with Crippen LogP contribution in [0.4, 0.5) is 11.4 Å². The summed E-state index contributed by atoms with van der Waals surface area (Å²) in [6.07, 6.45) is 0. The second-order valence-electron chi connectivity index (χ2n) is 5.04. The predicted octanol–water partition coefficient (Wildman–Crippen LogP) is 2.61. The molecule has 0 fully saturated rings. The number of nitrogens with zero attached hydrogens (tertiary/aromatic N) is 1. The van der Waals surface area contributed by atoms with Crippen molar-refractivity contribution in [2.75, 3.05) is 31.3 Å². The van der Waals surface area contributed by atoms with Crippen molar-refractivity contribution in [3.8, 4) is 0 Å². The smallest absolute Gasteiger partial charge is 0.241 e. The first-order chi connectivity index (χ1) is 9.90. The third-order valence-corrected chi connectivity index (χ3v) is 3.78. The van der Waals surface area contributed by atoms with E-state index in [0.717, 1.165) is 6.54 Å². The molecule has 1 amide bonds. The molecule has 0 bridgehead atoms. The Balaban J connectivity index is 2.77. The lowest BCUT2D eigenvalue weighted by molar-refractivity contribution is -0.121. The van der Waals surface area contributed by atoms with Crippen LogP contribution in [0.3, 0.4) is 0 Å². The van der Waals surface area contributed by atoms with Gasteiger partial charge >= 0.3 is 0 Å². The zero-order valence-corrected chi connectivity index (χ0v) is 13.8. The summed E-state index contributed by atoms with van der Waals surface area (Å²) in [5, 5.41) is 3.27. The van der Waals surface area contributed by atoms with Crippen LogP contribution < -0.4 is 11.1 Å². The number of nitrogens with two attached hydrogens (primary N) is 1. The molecule has 6 heteroatoms. The van der Waals surface area contributed by atoms with Crippen LogP contribution in [0, 0.1) is 0 Å². The van der Waals surface area contributed by atoms with Crippen molar-refractivity contribution in [3.63, 3.8) is 0 Å². The van der Waals surface area contributed by atoms with E-state index in [1.807, 2.05) is 20.8 Å². The van der Waals surface area contributed by atoms with Gasteiger partial charge in [-0.1, -0.05) is 18.5 Å². The van der Waals surface area contributed by atoms with Gasteiger partial charge < -0.3 is 15.8 Å². The average Bonchev–Trinajstić information content (AvgIpc) is 2.42. The maximum Gasteiger partial charge on any atom is 0.241 e. The van der Waals surface area contributed by atoms with Crippen LogP contribution in [0.2, 0.25) is 5.02 Å². The second-order valence-corrected chi connectivity index (χ2v) is 5.45. The first-order valence-electron chi connectivity index (χ1n) is 7.01. The van der Waals surface area contributed by atoms with Crippen LogP contribution in [0.15, 0.2) is 18.2 Å². The lowest BCUT2D eigenvalue weighted by Crippen LogP contribution is -2.48. The van der Waals surface area contributed by atoms with E-state index in [9.17, 15) is 4.79 Å². The van der Waals surface area contributed by atoms with Gasteiger partial charge in [-0.15, -0.1) is 0 Å². The normalized spacial score (nSPS) is 14.0. The summed E-state index contributed by atoms with van der Waals surface area (Å²) in [5.41, 5.74) is 6.77. The number of likely N-dealkylation sites (N-methyl/N-ethyl adjacent to an activating group) is 1. The highest BCUT2D eigenvalue weighted by atomic mass is 35.5. The number of rotatable bonds is 7. The minimum Gasteiger partial charge on any atom is -0.399 e. The molecule has 0 saturated carbocycles. The molecule has 1 aromatic rings. The number of nitrogen functional groups attached to an aromatic ring is 1. The molecule has 0 heterocycles. The molecule has 0 saturated heterocycles. The molecule has 0 aliphatic rings. The highest BCUT2D eigenvalue weighted by Gasteiger charge is 2.24. The standard InChI is InChI=1S/C15H24ClN3O2/c1-5-19(10(2)9-21-4)11(3)15(20)18-14-7-6-12(17)8-13(14)16/h6-8,10-11H,5,9,17H2,1-4H3,(H,18,20). The van der Waals surface area contributed by atoms with Crippen molar-refractivity contribution in [2.45, 2.75) is 32.9 Å². The van der Waals surface area contributed by atoms with Crippen molar-refractivity contribution in [1.82, 2.24) is 4.90 Å². The van der Waals surface area contributed by atoms with Gasteiger partial charge in [0.15, 0.2) is 0 Å². The first kappa shape index (κ1) is 17.8. The molecule has 0 aromatic heterocycles. The first-order valence-corrected chi connectivity index (χ1v) is 7.39. The number of benzene rings is 1. The van der Waals surface area contributed by atoms with E-state index in [0.29, 0.717) is 23.0 Å². The number of methoxy groups -OCH3 is 1. The Hall–Kier alpha value is -1.30. The van der Waals surface area contributed by atoms with Crippen LogP contribution in [-0.4, -0.2) is 43.2 Å². The van der Waals surface area contributed by atoms with Crippen molar-refractivity contribution in [2.24, 2.45) is 0 Å². The summed E-state index contributed by atoms with van der Waals surface area (Å²) < 4.78 is 5.16. The van der Waals surface area contributed by atoms with E-state index in [1.165, 1.54) is 0 Å². The SMILES string of the molecule is CCN(C(C)COC)C(C)C(=O)Nc1ccc(N)cc1Cl. The fourth-order valence-electron chi connectivity index (χ4n) is 2.32. The third kappa shape index (κ3) is 4.88. The molecule has 2 unspecified atom stereocenters. The molecule has 21 heavy (non-hydrogen) atoms. The second kappa shape index (κ2) is 8.22. The van der Waals surface area contributed by atoms with Crippen molar-refractivity contribution >= 4 is 28.9 Å². The topological polar surface area (TPSA) is 67.6 Å². The van der Waals surface area contributed by atoms with Gasteiger partial charge in [-0.25, -0.2) is 0 Å². The Kier molecular flexibility index (Phi) is 6.95. The predicted molar refractivity (Wildman–Crippen MR) is 87.7 cm³/mol. The molecule has 5 nitrogen and oxygen atoms in total. The molecule has 1 aromatic carbocycles. The molecular formula is C15H24ClN3O2. The number of halogens is 1. The fourth-order valence-corrected chi connectivity index (χ4v) is 2.56. The Bertz CT molecular complexity index is 482. The van der Waals surface area contributed by atoms with Gasteiger partial charge in [0, 0.05) is 18.8 Å². The Morgan fingerprint density at radius 2 is 2.14 bits per heavy atom. The molecule has 118 valence electrons. The van der Waals surface area contributed by atoms with Crippen LogP contribution in [0.1, 0.15) is 20.8 Å². The van der Waals surface area contributed by atoms with E-state index in [4.69, 9.17) is 22.1 Å². The number of ether oxygens (including phenoxy) is 1. The van der Waals surface area contributed by atoms with Crippen LogP contribution >= 0.6 is 11.6 Å². The van der Waals surface area contributed by atoms with Gasteiger partial charge in [-0.05, 0) is 38.6 Å². The largest absolute Gasteiger partial charge is 0.399 e. The number of carbonyl (C=O) groups excluding carboxylic acids is 1. The number of hydrogen-bond acceptors (Lipinski definition) is 4. The quantitative estimate of drug-likeness (QED) is 0.759. The maximum atomic E-state index is 12.4. The summed E-state index contributed by atoms with van der Waals surface area (Å²) >= 11 is 6.08. The van der Waals surface area contributed by atoms with Gasteiger partial charge in [-0.2, -0.15) is 0 Å². The van der Waals surface area contributed by atoms with Gasteiger partial charge in [0.05, 0.1) is 23.4 Å². The molecular weight excluding hydrogens is 290 g/mol. The molecule has 0 aliphatic carbocycles. The zero-order valence-electron chi connectivity index (χ0n) is 13.0. The minimum atomic E-state index is -0.284. The number of nitrogens with one attached hydrogen (secondary N) is 1. The summed E-state index contributed by atoms with van der Waals surface area (Å²) in [6, 6.07) is 4.90. The average molecular weight is 314 g/mol. The molecule has 0 spiro atoms. The maximum absolute atomic E-state index is 12.4. The Morgan fingerprint density at radius 3 is 2.67 bits per heavy atom. The lowest BCUT2D eigenvalue weighted by atomic mass is 10.2. The summed E-state index contributed by atoms with van der Waals surface area (Å²) in [4.78, 5) is 14.4. The van der Waals surface area contributed by atoms with E-state index in [-0.39, 0.29) is 18.0 Å². The van der Waals surface area contributed by atoms with E-state index >= 15 is 0 Å². The van der Waals surface area contributed by atoms with Crippen molar-refractivity contribution < 1.29 is 9.53 Å². The van der Waals surface area contributed by atoms with E-state index in [1.54, 1.807) is 25.3 Å². The molecule has 3 N–H and O–H groups in total. The molecule has 0 aliphatic heterocycles. The highest BCUT2D eigenvalue weighted by Crippen LogP contribution is 2.24. The third-order valence-electron chi connectivity index (χ3n) is 3.47. The van der Waals surface area contributed by atoms with Crippen molar-refractivity contribution in [1.29, 1.82) is 0 Å². The Morgan fingerprint density at radius 1 is 1.48 bits per heavy atom. The number of anilines is 2. The zero-order chi connectivity index (χ0) is 16.0. The lowest BCUT2D eigenvalue weighted by Gasteiger charge is -2.32. The summed E-state index contributed by atoms with van der Waals surface area (Å²) in [5.74, 6) is -0.105. The van der Waals surface area contributed by atoms with Gasteiger partial charge in [-0.3, -0.25) is 9.69 Å². The highest BCUT2D eigenvalue weighted by molar-refractivity contribution is 6.34. The van der Waals surface area contributed by atoms with Crippen LogP contribution in [0.25, 0.3) is 0 Å². The minimum absolute atomic E-state index is 0.105. The molecule has 0 radical (unpaired) electrons. The van der Waals surface area contributed by atoms with Crippen LogP contribution in [-0.2, 0) is 9.53 Å². The monoisotopic (exact) mass is 313 g/mol. The Labute approximate surface area is 131 Å². The van der Waals surface area contributed by atoms with Gasteiger partial charge in [0.25, 0.3) is 0 Å². The van der Waals surface area contributed by atoms with Gasteiger partial charge in [0.2, 0.25) is 5.91 Å². The number of hydrogen-bond donors (Lipinski definition) is 2. The van der Waals surface area contributed by atoms with Crippen LogP contribution in [0.5, 0.6) is 0 Å². The fraction of sp³-hybridized carbons (Fsp3) is 0.533. The molecule has 2 atom stereocenters.